The van der Waals surface area contributed by atoms with Crippen molar-refractivity contribution in [1.29, 1.82) is 0 Å². The molecule has 0 N–H and O–H groups in total. The number of benzene rings is 1. The average Bonchev–Trinajstić information content (AvgIpc) is 2.33. The predicted molar refractivity (Wildman–Crippen MR) is 63.2 cm³/mol. The van der Waals surface area contributed by atoms with E-state index in [2.05, 4.69) is 16.9 Å². The van der Waals surface area contributed by atoms with Crippen LogP contribution in [-0.2, 0) is 20.7 Å². The molecule has 0 saturated carbocycles. The second kappa shape index (κ2) is 5.62. The summed E-state index contributed by atoms with van der Waals surface area (Å²) in [4.78, 5) is 22.3. The van der Waals surface area contributed by atoms with Gasteiger partial charge in [-0.05, 0) is 31.2 Å². The van der Waals surface area contributed by atoms with Crippen molar-refractivity contribution in [3.63, 3.8) is 0 Å². The third-order valence-electron chi connectivity index (χ3n) is 3.11. The molecule has 2 rings (SSSR count). The fourth-order valence-corrected chi connectivity index (χ4v) is 2.12. The number of carbonyl (C=O) groups excluding carboxylic acids is 2. The highest BCUT2D eigenvalue weighted by Gasteiger charge is 2.28. The number of esters is 2. The van der Waals surface area contributed by atoms with Crippen LogP contribution in [0.3, 0.4) is 0 Å². The molecule has 3 heteroatoms. The topological polar surface area (TPSA) is 43.4 Å². The first-order valence-electron chi connectivity index (χ1n) is 6.04. The fraction of sp³-hybridized carbons (Fsp3) is 0.429. The largest absolute Gasteiger partial charge is 0.393 e. The number of rotatable bonds is 4. The first-order valence-corrected chi connectivity index (χ1v) is 6.04. The van der Waals surface area contributed by atoms with E-state index in [-0.39, 0.29) is 17.9 Å². The van der Waals surface area contributed by atoms with E-state index >= 15 is 0 Å². The Hall–Kier alpha value is -1.64. The minimum atomic E-state index is -0.380. The van der Waals surface area contributed by atoms with E-state index in [0.29, 0.717) is 12.8 Å². The van der Waals surface area contributed by atoms with Gasteiger partial charge in [0.1, 0.15) is 0 Å². The van der Waals surface area contributed by atoms with E-state index in [0.717, 1.165) is 19.3 Å². The van der Waals surface area contributed by atoms with Crippen molar-refractivity contribution >= 4 is 11.9 Å². The Balaban J connectivity index is 1.75. The lowest BCUT2D eigenvalue weighted by atomic mass is 9.94. The minimum Gasteiger partial charge on any atom is -0.393 e. The summed E-state index contributed by atoms with van der Waals surface area (Å²) in [5, 5.41) is 0. The lowest BCUT2D eigenvalue weighted by molar-refractivity contribution is -0.167. The molecular formula is C14H16O3. The van der Waals surface area contributed by atoms with Gasteiger partial charge in [0.15, 0.2) is 0 Å². The second-order valence-corrected chi connectivity index (χ2v) is 4.41. The Morgan fingerprint density at radius 1 is 1.18 bits per heavy atom. The van der Waals surface area contributed by atoms with Crippen LogP contribution >= 0.6 is 0 Å². The lowest BCUT2D eigenvalue weighted by Crippen LogP contribution is -2.27. The summed E-state index contributed by atoms with van der Waals surface area (Å²) in [5.41, 5.74) is 1.28. The van der Waals surface area contributed by atoms with Crippen LogP contribution in [0.2, 0.25) is 0 Å². The van der Waals surface area contributed by atoms with Crippen molar-refractivity contribution in [1.82, 2.24) is 0 Å². The molecule has 1 heterocycles. The number of hydrogen-bond acceptors (Lipinski definition) is 3. The van der Waals surface area contributed by atoms with E-state index in [1.807, 2.05) is 18.2 Å². The van der Waals surface area contributed by atoms with Gasteiger partial charge in [-0.2, -0.15) is 0 Å². The molecule has 1 aliphatic heterocycles. The van der Waals surface area contributed by atoms with Gasteiger partial charge in [0.25, 0.3) is 0 Å². The van der Waals surface area contributed by atoms with Crippen molar-refractivity contribution in [2.75, 3.05) is 0 Å². The maximum absolute atomic E-state index is 11.4. The van der Waals surface area contributed by atoms with Crippen molar-refractivity contribution < 1.29 is 14.3 Å². The molecule has 1 aromatic rings. The zero-order valence-corrected chi connectivity index (χ0v) is 9.72. The van der Waals surface area contributed by atoms with Crippen molar-refractivity contribution in [3.8, 4) is 0 Å². The summed E-state index contributed by atoms with van der Waals surface area (Å²) in [5.74, 6) is -0.806. The molecule has 1 fully saturated rings. The van der Waals surface area contributed by atoms with E-state index in [1.165, 1.54) is 5.56 Å². The SMILES string of the molecule is O=C1CCC(CCCc2ccccc2)C(=O)O1. The number of hydrogen-bond donors (Lipinski definition) is 0. The Kier molecular flexibility index (Phi) is 3.91. The molecule has 0 radical (unpaired) electrons. The van der Waals surface area contributed by atoms with Crippen LogP contribution in [0.25, 0.3) is 0 Å². The minimum absolute atomic E-state index is 0.0867. The number of ether oxygens (including phenoxy) is 1. The van der Waals surface area contributed by atoms with Gasteiger partial charge < -0.3 is 4.74 Å². The summed E-state index contributed by atoms with van der Waals surface area (Å²) in [6, 6.07) is 10.2. The monoisotopic (exact) mass is 232 g/mol. The zero-order valence-electron chi connectivity index (χ0n) is 9.72. The van der Waals surface area contributed by atoms with Gasteiger partial charge >= 0.3 is 11.9 Å². The molecule has 0 spiro atoms. The van der Waals surface area contributed by atoms with Gasteiger partial charge in [-0.3, -0.25) is 9.59 Å². The van der Waals surface area contributed by atoms with Crippen LogP contribution in [-0.4, -0.2) is 11.9 Å². The first kappa shape index (κ1) is 11.8. The van der Waals surface area contributed by atoms with E-state index < -0.39 is 0 Å². The van der Waals surface area contributed by atoms with Gasteiger partial charge in [-0.15, -0.1) is 0 Å². The Bertz CT molecular complexity index is 397. The van der Waals surface area contributed by atoms with Crippen LogP contribution in [0.5, 0.6) is 0 Å². The van der Waals surface area contributed by atoms with Crippen LogP contribution in [0.4, 0.5) is 0 Å². The molecule has 0 aromatic heterocycles. The third-order valence-corrected chi connectivity index (χ3v) is 3.11. The quantitative estimate of drug-likeness (QED) is 0.591. The first-order chi connectivity index (χ1) is 8.25. The third kappa shape index (κ3) is 3.41. The summed E-state index contributed by atoms with van der Waals surface area (Å²) >= 11 is 0. The highest BCUT2D eigenvalue weighted by Crippen LogP contribution is 2.21. The summed E-state index contributed by atoms with van der Waals surface area (Å²) in [7, 11) is 0. The summed E-state index contributed by atoms with van der Waals surface area (Å²) in [6.07, 6.45) is 3.76. The molecule has 3 nitrogen and oxygen atoms in total. The van der Waals surface area contributed by atoms with Gasteiger partial charge in [0, 0.05) is 6.42 Å². The summed E-state index contributed by atoms with van der Waals surface area (Å²) < 4.78 is 4.62. The molecule has 1 aliphatic rings. The van der Waals surface area contributed by atoms with Crippen molar-refractivity contribution in [2.45, 2.75) is 32.1 Å². The Morgan fingerprint density at radius 2 is 1.94 bits per heavy atom. The molecule has 1 aromatic carbocycles. The molecule has 0 amide bonds. The number of carbonyl (C=O) groups is 2. The fourth-order valence-electron chi connectivity index (χ4n) is 2.12. The summed E-state index contributed by atoms with van der Waals surface area (Å²) in [6.45, 7) is 0. The molecule has 90 valence electrons. The van der Waals surface area contributed by atoms with Crippen molar-refractivity contribution in [2.24, 2.45) is 5.92 Å². The van der Waals surface area contributed by atoms with Gasteiger partial charge in [-0.1, -0.05) is 30.3 Å². The van der Waals surface area contributed by atoms with Crippen LogP contribution in [0, 0.1) is 5.92 Å². The molecule has 1 unspecified atom stereocenters. The van der Waals surface area contributed by atoms with Gasteiger partial charge in [0.2, 0.25) is 0 Å². The van der Waals surface area contributed by atoms with E-state index in [1.54, 1.807) is 0 Å². The molecular weight excluding hydrogens is 216 g/mol. The Labute approximate surface area is 101 Å². The predicted octanol–water partition coefficient (Wildman–Crippen LogP) is 2.49. The van der Waals surface area contributed by atoms with E-state index in [9.17, 15) is 9.59 Å². The number of cyclic esters (lactones) is 2. The van der Waals surface area contributed by atoms with Crippen LogP contribution in [0.15, 0.2) is 30.3 Å². The van der Waals surface area contributed by atoms with Gasteiger partial charge in [-0.25, -0.2) is 0 Å². The highest BCUT2D eigenvalue weighted by molar-refractivity contribution is 5.89. The Morgan fingerprint density at radius 3 is 2.65 bits per heavy atom. The normalized spacial score (nSPS) is 20.1. The van der Waals surface area contributed by atoms with Crippen LogP contribution < -0.4 is 0 Å². The second-order valence-electron chi connectivity index (χ2n) is 4.41. The zero-order chi connectivity index (χ0) is 12.1. The maximum Gasteiger partial charge on any atom is 0.316 e. The standard InChI is InChI=1S/C14H16O3/c15-13-10-9-12(14(16)17-13)8-4-7-11-5-2-1-3-6-11/h1-3,5-6,12H,4,7-10H2. The highest BCUT2D eigenvalue weighted by atomic mass is 16.6. The molecule has 17 heavy (non-hydrogen) atoms. The van der Waals surface area contributed by atoms with Gasteiger partial charge in [0.05, 0.1) is 5.92 Å². The van der Waals surface area contributed by atoms with Crippen LogP contribution in [0.1, 0.15) is 31.2 Å². The molecule has 1 atom stereocenters. The molecule has 0 bridgehead atoms. The van der Waals surface area contributed by atoms with E-state index in [4.69, 9.17) is 0 Å². The molecule has 0 aliphatic carbocycles. The average molecular weight is 232 g/mol. The number of aryl methyl sites for hydroxylation is 1. The lowest BCUT2D eigenvalue weighted by Gasteiger charge is -2.19. The van der Waals surface area contributed by atoms with Crippen molar-refractivity contribution in [3.05, 3.63) is 35.9 Å². The maximum atomic E-state index is 11.4. The molecule has 1 saturated heterocycles. The smallest absolute Gasteiger partial charge is 0.316 e.